The maximum absolute atomic E-state index is 13.9. The maximum Gasteiger partial charge on any atom is 0.242 e. The lowest BCUT2D eigenvalue weighted by Crippen LogP contribution is -2.50. The molecule has 4 atom stereocenters. The summed E-state index contributed by atoms with van der Waals surface area (Å²) in [5.41, 5.74) is 1.30. The zero-order valence-electron chi connectivity index (χ0n) is 22.7. The number of amides is 2. The number of rotatable bonds is 9. The molecule has 1 saturated heterocycles. The lowest BCUT2D eigenvalue weighted by Gasteiger charge is -2.30. The molecule has 10 nitrogen and oxygen atoms in total. The van der Waals surface area contributed by atoms with Crippen LogP contribution in [0.3, 0.4) is 0 Å². The van der Waals surface area contributed by atoms with Crippen molar-refractivity contribution in [1.82, 2.24) is 25.1 Å². The van der Waals surface area contributed by atoms with Crippen LogP contribution in [0.5, 0.6) is 0 Å². The van der Waals surface area contributed by atoms with Crippen molar-refractivity contribution in [1.29, 1.82) is 0 Å². The van der Waals surface area contributed by atoms with Crippen molar-refractivity contribution in [2.24, 2.45) is 15.6 Å². The van der Waals surface area contributed by atoms with E-state index in [-0.39, 0.29) is 35.5 Å². The third kappa shape index (κ3) is 4.62. The van der Waals surface area contributed by atoms with Gasteiger partial charge in [-0.25, -0.2) is 9.97 Å². The number of carbonyl (C=O) groups excluding carboxylic acids is 3. The second-order valence-corrected chi connectivity index (χ2v) is 11.4. The third-order valence-corrected chi connectivity index (χ3v) is 8.18. The number of nitrogens with zero attached hydrogens (tertiary/aromatic N) is 6. The molecule has 1 N–H and O–H groups in total. The molecule has 38 heavy (non-hydrogen) atoms. The van der Waals surface area contributed by atoms with Crippen LogP contribution >= 0.6 is 0 Å². The van der Waals surface area contributed by atoms with E-state index < -0.39 is 11.6 Å². The topological polar surface area (TPSA) is 120 Å². The van der Waals surface area contributed by atoms with E-state index in [0.717, 1.165) is 30.5 Å². The van der Waals surface area contributed by atoms with Gasteiger partial charge in [-0.2, -0.15) is 10.2 Å². The zero-order chi connectivity index (χ0) is 27.2. The van der Waals surface area contributed by atoms with Gasteiger partial charge in [0.25, 0.3) is 0 Å². The molecular formula is C28H35N7O3. The van der Waals surface area contributed by atoms with Gasteiger partial charge in [-0.15, -0.1) is 0 Å². The minimum Gasteiger partial charge on any atom is -0.354 e. The van der Waals surface area contributed by atoms with Crippen LogP contribution in [0.2, 0.25) is 0 Å². The highest BCUT2D eigenvalue weighted by atomic mass is 16.2. The van der Waals surface area contributed by atoms with Crippen molar-refractivity contribution >= 4 is 23.3 Å². The predicted molar refractivity (Wildman–Crippen MR) is 142 cm³/mol. The Hall–Kier alpha value is -3.53. The number of piperidine rings is 1. The molecule has 3 aliphatic rings. The minimum atomic E-state index is -1.42. The van der Waals surface area contributed by atoms with Crippen LogP contribution in [0.15, 0.2) is 40.8 Å². The number of hydrogen-bond acceptors (Lipinski definition) is 8. The summed E-state index contributed by atoms with van der Waals surface area (Å²) in [7, 11) is 3.99. The van der Waals surface area contributed by atoms with Crippen LogP contribution in [0, 0.1) is 12.3 Å². The molecule has 2 amide bonds. The number of likely N-dealkylation sites (tertiary alicyclic amines) is 1. The molecule has 1 unspecified atom stereocenters. The Morgan fingerprint density at radius 3 is 2.55 bits per heavy atom. The number of carbonyl (C=O) groups is 3. The average Bonchev–Trinajstić information content (AvgIpc) is 3.24. The van der Waals surface area contributed by atoms with Crippen molar-refractivity contribution in [3.63, 3.8) is 0 Å². The smallest absolute Gasteiger partial charge is 0.242 e. The monoisotopic (exact) mass is 517 g/mol. The summed E-state index contributed by atoms with van der Waals surface area (Å²) >= 11 is 0. The standard InChI is InChI=1S/C28H35N7O3/c1-17(36)28(21-11-19(7-8-22(21)32-33-28)20-15-30-18(2)31-16-20)14-25(37)35-23(12-27(3)13-24(27)35)26(38)29-9-6-10-34(4)5/h7-8,11,15-16,23-24H,6,9-10,12-14H2,1-5H3,(H,29,38)/t23-,24+,27-,28?/m0/s1. The zero-order valence-corrected chi connectivity index (χ0v) is 22.7. The molecule has 0 spiro atoms. The van der Waals surface area contributed by atoms with Crippen LogP contribution in [-0.2, 0) is 19.9 Å². The molecule has 1 aromatic heterocycles. The molecule has 1 aromatic carbocycles. The lowest BCUT2D eigenvalue weighted by atomic mass is 9.82. The summed E-state index contributed by atoms with van der Waals surface area (Å²) in [6, 6.07) is 5.02. The fourth-order valence-corrected chi connectivity index (χ4v) is 5.78. The van der Waals surface area contributed by atoms with E-state index in [1.807, 2.05) is 33.2 Å². The Morgan fingerprint density at radius 1 is 1.13 bits per heavy atom. The van der Waals surface area contributed by atoms with Crippen LogP contribution in [0.4, 0.5) is 5.69 Å². The van der Waals surface area contributed by atoms with E-state index in [0.29, 0.717) is 30.0 Å². The van der Waals surface area contributed by atoms with Gasteiger partial charge in [0.05, 0.1) is 12.1 Å². The van der Waals surface area contributed by atoms with Gasteiger partial charge in [-0.3, -0.25) is 14.4 Å². The molecule has 200 valence electrons. The molecule has 1 aliphatic carbocycles. The van der Waals surface area contributed by atoms with E-state index >= 15 is 0 Å². The highest BCUT2D eigenvalue weighted by molar-refractivity contribution is 5.97. The van der Waals surface area contributed by atoms with E-state index in [1.165, 1.54) is 6.92 Å². The van der Waals surface area contributed by atoms with Crippen molar-refractivity contribution in [2.45, 2.75) is 64.1 Å². The number of nitrogens with one attached hydrogen (secondary N) is 1. The largest absolute Gasteiger partial charge is 0.354 e. The van der Waals surface area contributed by atoms with Gasteiger partial charge >= 0.3 is 0 Å². The molecular weight excluding hydrogens is 482 g/mol. The highest BCUT2D eigenvalue weighted by Crippen LogP contribution is 2.59. The fraction of sp³-hybridized carbons (Fsp3) is 0.536. The molecule has 3 heterocycles. The lowest BCUT2D eigenvalue weighted by molar-refractivity contribution is -0.142. The van der Waals surface area contributed by atoms with Crippen molar-refractivity contribution in [3.8, 4) is 11.1 Å². The first-order chi connectivity index (χ1) is 18.0. The summed E-state index contributed by atoms with van der Waals surface area (Å²) in [5, 5.41) is 11.7. The summed E-state index contributed by atoms with van der Waals surface area (Å²) < 4.78 is 0. The number of fused-ring (bicyclic) bond motifs is 2. The fourth-order valence-electron chi connectivity index (χ4n) is 5.78. The molecule has 0 bridgehead atoms. The first-order valence-electron chi connectivity index (χ1n) is 13.2. The number of ketones is 1. The van der Waals surface area contributed by atoms with Gasteiger partial charge in [0.2, 0.25) is 11.8 Å². The van der Waals surface area contributed by atoms with Gasteiger partial charge in [0.1, 0.15) is 11.9 Å². The van der Waals surface area contributed by atoms with E-state index in [2.05, 4.69) is 37.3 Å². The quantitative estimate of drug-likeness (QED) is 0.510. The summed E-state index contributed by atoms with van der Waals surface area (Å²) in [6.07, 6.45) is 5.63. The van der Waals surface area contributed by atoms with Crippen LogP contribution in [-0.4, -0.2) is 76.6 Å². The van der Waals surface area contributed by atoms with Crippen LogP contribution in [0.1, 0.15) is 50.9 Å². The Morgan fingerprint density at radius 2 is 1.87 bits per heavy atom. The predicted octanol–water partition coefficient (Wildman–Crippen LogP) is 3.17. The molecule has 2 aliphatic heterocycles. The Balaban J connectivity index is 1.39. The first kappa shape index (κ1) is 26.1. The highest BCUT2D eigenvalue weighted by Gasteiger charge is 2.65. The number of Topliss-reactive ketones (excluding diaryl/α,β-unsaturated/α-hetero) is 1. The minimum absolute atomic E-state index is 0.00499. The second kappa shape index (κ2) is 9.65. The van der Waals surface area contributed by atoms with Crippen LogP contribution < -0.4 is 5.32 Å². The van der Waals surface area contributed by atoms with Crippen LogP contribution in [0.25, 0.3) is 11.1 Å². The van der Waals surface area contributed by atoms with Crippen molar-refractivity contribution in [3.05, 3.63) is 42.0 Å². The number of azo groups is 1. The van der Waals surface area contributed by atoms with E-state index in [9.17, 15) is 14.4 Å². The SMILES string of the molecule is CC(=O)C1(CC(=O)N2[C@H](C(=O)NCCCN(C)C)C[C@@]3(C)C[C@@H]23)N=Nc2ccc(-c3cnc(C)nc3)cc21. The van der Waals surface area contributed by atoms with Gasteiger partial charge in [0.15, 0.2) is 11.3 Å². The average molecular weight is 518 g/mol. The third-order valence-electron chi connectivity index (χ3n) is 8.18. The number of hydrogen-bond donors (Lipinski definition) is 1. The molecule has 2 fully saturated rings. The van der Waals surface area contributed by atoms with E-state index in [1.54, 1.807) is 23.4 Å². The van der Waals surface area contributed by atoms with Crippen molar-refractivity contribution < 1.29 is 14.4 Å². The number of benzene rings is 1. The molecule has 0 radical (unpaired) electrons. The molecule has 2 aromatic rings. The number of aryl methyl sites for hydroxylation is 1. The second-order valence-electron chi connectivity index (χ2n) is 11.4. The Kier molecular flexibility index (Phi) is 6.63. The molecule has 5 rings (SSSR count). The summed E-state index contributed by atoms with van der Waals surface area (Å²) in [5.74, 6) is 0.0407. The Labute approximate surface area is 222 Å². The first-order valence-corrected chi connectivity index (χ1v) is 13.2. The van der Waals surface area contributed by atoms with Crippen molar-refractivity contribution in [2.75, 3.05) is 27.2 Å². The van der Waals surface area contributed by atoms with Gasteiger partial charge in [-0.1, -0.05) is 13.0 Å². The molecule has 10 heteroatoms. The Bertz CT molecular complexity index is 1310. The number of aromatic nitrogens is 2. The summed E-state index contributed by atoms with van der Waals surface area (Å²) in [6.45, 7) is 6.82. The van der Waals surface area contributed by atoms with E-state index in [4.69, 9.17) is 0 Å². The van der Waals surface area contributed by atoms with Gasteiger partial charge in [-0.05, 0) is 76.9 Å². The normalized spacial score (nSPS) is 26.8. The van der Waals surface area contributed by atoms with Gasteiger partial charge < -0.3 is 15.1 Å². The molecule has 1 saturated carbocycles. The summed E-state index contributed by atoms with van der Waals surface area (Å²) in [4.78, 5) is 52.5. The maximum atomic E-state index is 13.9. The van der Waals surface area contributed by atoms with Gasteiger partial charge in [0, 0.05) is 36.1 Å².